The van der Waals surface area contributed by atoms with Crippen molar-refractivity contribution in [2.24, 2.45) is 5.92 Å². The molecule has 150 valence electrons. The van der Waals surface area contributed by atoms with Crippen LogP contribution < -0.4 is 5.69 Å². The number of pyridine rings is 1. The van der Waals surface area contributed by atoms with E-state index in [-0.39, 0.29) is 12.5 Å². The van der Waals surface area contributed by atoms with Gasteiger partial charge in [-0.3, -0.25) is 9.55 Å². The van der Waals surface area contributed by atoms with E-state index in [9.17, 15) is 22.8 Å². The second kappa shape index (κ2) is 6.18. The first-order chi connectivity index (χ1) is 13.0. The Balaban J connectivity index is 1.63. The first kappa shape index (κ1) is 18.7. The molecule has 0 amide bonds. The van der Waals surface area contributed by atoms with E-state index >= 15 is 0 Å². The Hall–Kier alpha value is -2.65. The van der Waals surface area contributed by atoms with Crippen molar-refractivity contribution in [2.45, 2.75) is 57.5 Å². The van der Waals surface area contributed by atoms with Crippen LogP contribution in [-0.2, 0) is 28.7 Å². The number of hydrogen-bond acceptors (Lipinski definition) is 5. The van der Waals surface area contributed by atoms with Crippen molar-refractivity contribution in [1.29, 1.82) is 0 Å². The molecule has 0 spiro atoms. The first-order valence-corrected chi connectivity index (χ1v) is 8.98. The van der Waals surface area contributed by atoms with Crippen LogP contribution in [0.25, 0.3) is 0 Å². The highest BCUT2D eigenvalue weighted by atomic mass is 19.4. The summed E-state index contributed by atoms with van der Waals surface area (Å²) in [5, 5.41) is 4.29. The van der Waals surface area contributed by atoms with E-state index < -0.39 is 35.2 Å². The number of esters is 1. The van der Waals surface area contributed by atoms with E-state index in [1.165, 1.54) is 10.6 Å². The second-order valence-electron chi connectivity index (χ2n) is 7.90. The van der Waals surface area contributed by atoms with E-state index in [4.69, 9.17) is 4.74 Å². The molecular weight excluding hydrogens is 377 g/mol. The number of ether oxygens (including phenoxy) is 1. The number of carbonyl (C=O) groups excluding carboxylic acids is 1. The van der Waals surface area contributed by atoms with Crippen LogP contribution in [0.15, 0.2) is 23.1 Å². The maximum Gasteiger partial charge on any atom is 0.433 e. The second-order valence-corrected chi connectivity index (χ2v) is 7.90. The molecule has 4 rings (SSSR count). The van der Waals surface area contributed by atoms with Crippen molar-refractivity contribution in [3.05, 3.63) is 45.9 Å². The average Bonchev–Trinajstić information content (AvgIpc) is 2.89. The number of rotatable bonds is 2. The monoisotopic (exact) mass is 396 g/mol. The van der Waals surface area contributed by atoms with Gasteiger partial charge in [0.25, 0.3) is 0 Å². The fourth-order valence-corrected chi connectivity index (χ4v) is 4.08. The smallest absolute Gasteiger partial charge is 0.433 e. The van der Waals surface area contributed by atoms with Crippen LogP contribution in [0.1, 0.15) is 49.8 Å². The van der Waals surface area contributed by atoms with Crippen LogP contribution >= 0.6 is 0 Å². The van der Waals surface area contributed by atoms with E-state index in [1.54, 1.807) is 0 Å². The molecule has 2 aromatic heterocycles. The van der Waals surface area contributed by atoms with Gasteiger partial charge in [-0.15, -0.1) is 0 Å². The predicted octanol–water partition coefficient (Wildman–Crippen LogP) is 2.34. The Kier molecular flexibility index (Phi) is 4.13. The number of hydrogen-bond donors (Lipinski definition) is 0. The Bertz CT molecular complexity index is 975. The molecule has 10 heteroatoms. The van der Waals surface area contributed by atoms with Crippen LogP contribution in [-0.4, -0.2) is 30.9 Å². The molecule has 0 aliphatic carbocycles. The molecule has 0 aromatic carbocycles. The summed E-state index contributed by atoms with van der Waals surface area (Å²) in [6, 6.07) is 1.43. The highest BCUT2D eigenvalue weighted by Gasteiger charge is 2.47. The van der Waals surface area contributed by atoms with Crippen molar-refractivity contribution in [3.8, 4) is 0 Å². The molecule has 2 aliphatic rings. The molecule has 0 bridgehead atoms. The first-order valence-electron chi connectivity index (χ1n) is 8.98. The van der Waals surface area contributed by atoms with Crippen LogP contribution in [0.3, 0.4) is 0 Å². The number of fused-ring (bicyclic) bond motifs is 3. The number of alkyl halides is 3. The highest BCUT2D eigenvalue weighted by molar-refractivity contribution is 5.76. The lowest BCUT2D eigenvalue weighted by Gasteiger charge is -2.41. The fraction of sp³-hybridized carbons (Fsp3) is 0.556. The Labute approximate surface area is 158 Å². The summed E-state index contributed by atoms with van der Waals surface area (Å²) in [5.41, 5.74) is -1.62. The molecule has 1 fully saturated rings. The van der Waals surface area contributed by atoms with Crippen molar-refractivity contribution in [2.75, 3.05) is 0 Å². The molecule has 4 heterocycles. The zero-order valence-electron chi connectivity index (χ0n) is 15.4. The molecule has 2 atom stereocenters. The number of nitrogens with zero attached hydrogens (tertiary/aromatic N) is 4. The minimum Gasteiger partial charge on any atom is -0.458 e. The summed E-state index contributed by atoms with van der Waals surface area (Å²) >= 11 is 0. The van der Waals surface area contributed by atoms with Gasteiger partial charge in [0.15, 0.2) is 0 Å². The fourth-order valence-electron chi connectivity index (χ4n) is 4.08. The zero-order chi connectivity index (χ0) is 20.3. The number of aromatic nitrogens is 4. The number of cyclic esters (lactones) is 1. The van der Waals surface area contributed by atoms with Crippen LogP contribution in [0.5, 0.6) is 0 Å². The number of aryl methyl sites for hydroxylation is 1. The van der Waals surface area contributed by atoms with Crippen LogP contribution in [0.4, 0.5) is 13.2 Å². The third kappa shape index (κ3) is 3.20. The maximum absolute atomic E-state index is 12.9. The topological polar surface area (TPSA) is 79.0 Å². The summed E-state index contributed by atoms with van der Waals surface area (Å²) in [6.07, 6.45) is -1.51. The van der Waals surface area contributed by atoms with Gasteiger partial charge in [-0.1, -0.05) is 6.07 Å². The molecule has 2 unspecified atom stereocenters. The van der Waals surface area contributed by atoms with Gasteiger partial charge < -0.3 is 4.74 Å². The molecular formula is C18H19F3N4O3. The minimum atomic E-state index is -4.52. The Morgan fingerprint density at radius 2 is 2.04 bits per heavy atom. The summed E-state index contributed by atoms with van der Waals surface area (Å²) < 4.78 is 45.9. The molecule has 28 heavy (non-hydrogen) atoms. The van der Waals surface area contributed by atoms with Crippen LogP contribution in [0, 0.1) is 5.92 Å². The van der Waals surface area contributed by atoms with E-state index in [0.29, 0.717) is 24.2 Å². The summed E-state index contributed by atoms with van der Waals surface area (Å²) in [5.74, 6) is 0.0367. The number of carbonyl (C=O) groups is 1. The molecule has 0 saturated carbocycles. The quantitative estimate of drug-likeness (QED) is 0.728. The Morgan fingerprint density at radius 3 is 2.68 bits per heavy atom. The van der Waals surface area contributed by atoms with Crippen molar-refractivity contribution >= 4 is 5.97 Å². The van der Waals surface area contributed by atoms with E-state index in [0.717, 1.165) is 23.4 Å². The van der Waals surface area contributed by atoms with E-state index in [1.807, 2.05) is 13.8 Å². The molecule has 0 radical (unpaired) electrons. The normalized spacial score (nSPS) is 23.7. The molecule has 0 N–H and O–H groups in total. The SMILES string of the molecule is CC1(C)CC2CCc3nn(Cc4ccc(C(F)(F)F)nc4)c(=O)n3C2C(=O)O1. The lowest BCUT2D eigenvalue weighted by atomic mass is 9.80. The summed E-state index contributed by atoms with van der Waals surface area (Å²) in [4.78, 5) is 28.8. The largest absolute Gasteiger partial charge is 0.458 e. The molecule has 7 nitrogen and oxygen atoms in total. The van der Waals surface area contributed by atoms with Gasteiger partial charge in [0.05, 0.1) is 6.54 Å². The van der Waals surface area contributed by atoms with Gasteiger partial charge in [-0.2, -0.15) is 18.3 Å². The highest BCUT2D eigenvalue weighted by Crippen LogP contribution is 2.41. The lowest BCUT2D eigenvalue weighted by Crippen LogP contribution is -2.49. The van der Waals surface area contributed by atoms with Crippen LogP contribution in [0.2, 0.25) is 0 Å². The van der Waals surface area contributed by atoms with Gasteiger partial charge in [-0.25, -0.2) is 14.3 Å². The van der Waals surface area contributed by atoms with Gasteiger partial charge >= 0.3 is 17.8 Å². The number of halogens is 3. The summed E-state index contributed by atoms with van der Waals surface area (Å²) in [7, 11) is 0. The minimum absolute atomic E-state index is 0.00756. The third-order valence-electron chi connectivity index (χ3n) is 5.22. The van der Waals surface area contributed by atoms with Gasteiger partial charge in [0, 0.05) is 12.6 Å². The Morgan fingerprint density at radius 1 is 1.29 bits per heavy atom. The third-order valence-corrected chi connectivity index (χ3v) is 5.22. The van der Waals surface area contributed by atoms with Gasteiger partial charge in [0.1, 0.15) is 23.2 Å². The van der Waals surface area contributed by atoms with Crippen molar-refractivity contribution < 1.29 is 22.7 Å². The van der Waals surface area contributed by atoms with Gasteiger partial charge in [0.2, 0.25) is 0 Å². The average molecular weight is 396 g/mol. The van der Waals surface area contributed by atoms with E-state index in [2.05, 4.69) is 10.1 Å². The summed E-state index contributed by atoms with van der Waals surface area (Å²) in [6.45, 7) is 3.67. The lowest BCUT2D eigenvalue weighted by molar-refractivity contribution is -0.175. The zero-order valence-corrected chi connectivity index (χ0v) is 15.4. The standard InChI is InChI=1S/C18H19F3N4O3/c1-17(2)7-11-4-6-13-23-24(16(27)25(13)14(11)15(26)28-17)9-10-3-5-12(22-8-10)18(19,20)21/h3,5,8,11,14H,4,6-7,9H2,1-2H3. The van der Waals surface area contributed by atoms with Crippen molar-refractivity contribution in [3.63, 3.8) is 0 Å². The maximum atomic E-state index is 12.9. The van der Waals surface area contributed by atoms with Crippen molar-refractivity contribution in [1.82, 2.24) is 19.3 Å². The molecule has 2 aromatic rings. The predicted molar refractivity (Wildman–Crippen MR) is 90.5 cm³/mol. The van der Waals surface area contributed by atoms with Gasteiger partial charge in [-0.05, 0) is 44.2 Å². The molecule has 2 aliphatic heterocycles. The molecule has 1 saturated heterocycles.